The molecule has 0 bridgehead atoms. The van der Waals surface area contributed by atoms with Gasteiger partial charge in [-0.15, -0.1) is 0 Å². The van der Waals surface area contributed by atoms with Gasteiger partial charge in [-0.05, 0) is 45.4 Å². The number of carbonyl (C=O) groups is 2. The molecule has 0 heterocycles. The van der Waals surface area contributed by atoms with E-state index in [2.05, 4.69) is 5.32 Å². The van der Waals surface area contributed by atoms with Crippen molar-refractivity contribution < 1.29 is 19.4 Å². The molecule has 1 amide bonds. The molecule has 1 aromatic rings. The quantitative estimate of drug-likeness (QED) is 0.847. The highest BCUT2D eigenvalue weighted by molar-refractivity contribution is 5.98. The number of carboxylic acid groups (broad SMARTS) is 1. The van der Waals surface area contributed by atoms with Crippen LogP contribution in [0.4, 0.5) is 10.5 Å². The number of amides is 1. The molecule has 5 heteroatoms. The van der Waals surface area contributed by atoms with Crippen molar-refractivity contribution >= 4 is 17.7 Å². The number of ether oxygens (including phenoxy) is 1. The molecule has 0 saturated carbocycles. The second-order valence-electron chi connectivity index (χ2n) is 4.98. The van der Waals surface area contributed by atoms with Gasteiger partial charge in [-0.25, -0.2) is 9.59 Å². The Morgan fingerprint density at radius 1 is 1.28 bits per heavy atom. The summed E-state index contributed by atoms with van der Waals surface area (Å²) in [5.74, 6) is -1.10. The fourth-order valence-corrected chi connectivity index (χ4v) is 1.36. The van der Waals surface area contributed by atoms with Gasteiger partial charge in [0.2, 0.25) is 0 Å². The van der Waals surface area contributed by atoms with Gasteiger partial charge in [0.05, 0.1) is 11.3 Å². The first-order valence-corrected chi connectivity index (χ1v) is 5.53. The Morgan fingerprint density at radius 3 is 2.39 bits per heavy atom. The molecule has 0 fully saturated rings. The molecule has 2 N–H and O–H groups in total. The molecule has 5 nitrogen and oxygen atoms in total. The van der Waals surface area contributed by atoms with Crippen LogP contribution in [-0.4, -0.2) is 22.8 Å². The van der Waals surface area contributed by atoms with Gasteiger partial charge in [0.1, 0.15) is 5.60 Å². The number of hydrogen-bond acceptors (Lipinski definition) is 3. The summed E-state index contributed by atoms with van der Waals surface area (Å²) in [6, 6.07) is 4.71. The minimum atomic E-state index is -1.10. The van der Waals surface area contributed by atoms with Crippen molar-refractivity contribution in [2.75, 3.05) is 5.32 Å². The van der Waals surface area contributed by atoms with Gasteiger partial charge < -0.3 is 9.84 Å². The Kier molecular flexibility index (Phi) is 3.96. The zero-order valence-electron chi connectivity index (χ0n) is 10.9. The fourth-order valence-electron chi connectivity index (χ4n) is 1.36. The minimum Gasteiger partial charge on any atom is -0.478 e. The van der Waals surface area contributed by atoms with Crippen LogP contribution in [-0.2, 0) is 4.74 Å². The van der Waals surface area contributed by atoms with Gasteiger partial charge in [-0.1, -0.05) is 6.07 Å². The number of carboxylic acids is 1. The summed E-state index contributed by atoms with van der Waals surface area (Å²) < 4.78 is 5.07. The van der Waals surface area contributed by atoms with E-state index < -0.39 is 17.7 Å². The van der Waals surface area contributed by atoms with E-state index in [-0.39, 0.29) is 11.3 Å². The van der Waals surface area contributed by atoms with Crippen LogP contribution in [0.25, 0.3) is 0 Å². The van der Waals surface area contributed by atoms with Gasteiger partial charge in [-0.2, -0.15) is 0 Å². The van der Waals surface area contributed by atoms with E-state index in [1.807, 2.05) is 6.92 Å². The van der Waals surface area contributed by atoms with E-state index in [0.717, 1.165) is 5.56 Å². The number of aromatic carboxylic acids is 1. The lowest BCUT2D eigenvalue weighted by Gasteiger charge is -2.20. The zero-order valence-corrected chi connectivity index (χ0v) is 10.9. The summed E-state index contributed by atoms with van der Waals surface area (Å²) in [6.45, 7) is 7.02. The van der Waals surface area contributed by atoms with Crippen LogP contribution in [0.1, 0.15) is 36.7 Å². The molecule has 18 heavy (non-hydrogen) atoms. The smallest absolute Gasteiger partial charge is 0.412 e. The number of rotatable bonds is 2. The van der Waals surface area contributed by atoms with Gasteiger partial charge >= 0.3 is 12.1 Å². The fraction of sp³-hybridized carbons (Fsp3) is 0.385. The topological polar surface area (TPSA) is 75.6 Å². The van der Waals surface area contributed by atoms with Crippen molar-refractivity contribution in [2.45, 2.75) is 33.3 Å². The molecule has 0 saturated heterocycles. The molecular formula is C13H17NO4. The van der Waals surface area contributed by atoms with Gasteiger partial charge in [0, 0.05) is 0 Å². The van der Waals surface area contributed by atoms with Crippen LogP contribution < -0.4 is 5.32 Å². The average molecular weight is 251 g/mol. The van der Waals surface area contributed by atoms with Gasteiger partial charge in [-0.3, -0.25) is 5.32 Å². The summed E-state index contributed by atoms with van der Waals surface area (Å²) in [7, 11) is 0. The number of carbonyl (C=O) groups excluding carboxylic acids is 1. The number of nitrogens with one attached hydrogen (secondary N) is 1. The second kappa shape index (κ2) is 5.08. The lowest BCUT2D eigenvalue weighted by molar-refractivity contribution is 0.0636. The van der Waals surface area contributed by atoms with E-state index in [1.54, 1.807) is 32.9 Å². The SMILES string of the molecule is Cc1ccc(C(=O)O)c(NC(=O)OC(C)(C)C)c1. The highest BCUT2D eigenvalue weighted by atomic mass is 16.6. The average Bonchev–Trinajstić information content (AvgIpc) is 2.13. The predicted molar refractivity (Wildman–Crippen MR) is 68.0 cm³/mol. The monoisotopic (exact) mass is 251 g/mol. The van der Waals surface area contributed by atoms with E-state index >= 15 is 0 Å². The number of anilines is 1. The third-order valence-corrected chi connectivity index (χ3v) is 2.04. The molecule has 0 aliphatic carbocycles. The molecule has 0 aliphatic rings. The van der Waals surface area contributed by atoms with E-state index in [1.165, 1.54) is 6.07 Å². The maximum atomic E-state index is 11.6. The van der Waals surface area contributed by atoms with E-state index in [4.69, 9.17) is 9.84 Å². The summed E-state index contributed by atoms with van der Waals surface area (Å²) in [4.78, 5) is 22.6. The van der Waals surface area contributed by atoms with Gasteiger partial charge in [0.25, 0.3) is 0 Å². The van der Waals surface area contributed by atoms with Gasteiger partial charge in [0.15, 0.2) is 0 Å². The largest absolute Gasteiger partial charge is 0.478 e. The molecular weight excluding hydrogens is 234 g/mol. The van der Waals surface area contributed by atoms with E-state index in [9.17, 15) is 9.59 Å². The van der Waals surface area contributed by atoms with Crippen molar-refractivity contribution in [3.05, 3.63) is 29.3 Å². The molecule has 0 aromatic heterocycles. The first kappa shape index (κ1) is 14.0. The summed E-state index contributed by atoms with van der Waals surface area (Å²) >= 11 is 0. The number of benzene rings is 1. The molecule has 0 aliphatic heterocycles. The third kappa shape index (κ3) is 4.08. The minimum absolute atomic E-state index is 0.0338. The zero-order chi connectivity index (χ0) is 13.9. The lowest BCUT2D eigenvalue weighted by Crippen LogP contribution is -2.27. The van der Waals surface area contributed by atoms with Crippen molar-refractivity contribution in [3.63, 3.8) is 0 Å². The van der Waals surface area contributed by atoms with Crippen molar-refractivity contribution in [3.8, 4) is 0 Å². The second-order valence-corrected chi connectivity index (χ2v) is 4.98. The Hall–Kier alpha value is -2.04. The van der Waals surface area contributed by atoms with Crippen LogP contribution in [0.2, 0.25) is 0 Å². The lowest BCUT2D eigenvalue weighted by atomic mass is 10.1. The molecule has 1 rings (SSSR count). The highest BCUT2D eigenvalue weighted by Gasteiger charge is 2.18. The van der Waals surface area contributed by atoms with Crippen molar-refractivity contribution in [2.24, 2.45) is 0 Å². The Bertz CT molecular complexity index is 474. The van der Waals surface area contributed by atoms with Crippen molar-refractivity contribution in [1.82, 2.24) is 0 Å². The number of hydrogen-bond donors (Lipinski definition) is 2. The maximum Gasteiger partial charge on any atom is 0.412 e. The maximum absolute atomic E-state index is 11.6. The summed E-state index contributed by atoms with van der Waals surface area (Å²) in [5.41, 5.74) is 0.492. The Morgan fingerprint density at radius 2 is 1.89 bits per heavy atom. The van der Waals surface area contributed by atoms with Crippen LogP contribution in [0, 0.1) is 6.92 Å². The molecule has 0 spiro atoms. The predicted octanol–water partition coefficient (Wildman–Crippen LogP) is 3.04. The highest BCUT2D eigenvalue weighted by Crippen LogP contribution is 2.19. The third-order valence-electron chi connectivity index (χ3n) is 2.04. The molecule has 0 unspecified atom stereocenters. The molecule has 0 radical (unpaired) electrons. The van der Waals surface area contributed by atoms with E-state index in [0.29, 0.717) is 0 Å². The number of aryl methyl sites for hydroxylation is 1. The normalized spacial score (nSPS) is 10.9. The standard InChI is InChI=1S/C13H17NO4/c1-8-5-6-9(11(15)16)10(7-8)14-12(17)18-13(2,3)4/h5-7H,1-4H3,(H,14,17)(H,15,16). The Labute approximate surface area is 106 Å². The molecule has 0 atom stereocenters. The summed E-state index contributed by atoms with van der Waals surface area (Å²) in [6.07, 6.45) is -0.671. The van der Waals surface area contributed by atoms with Crippen LogP contribution >= 0.6 is 0 Å². The first-order chi connectivity index (χ1) is 8.19. The van der Waals surface area contributed by atoms with Crippen molar-refractivity contribution in [1.29, 1.82) is 0 Å². The van der Waals surface area contributed by atoms with Crippen LogP contribution in [0.15, 0.2) is 18.2 Å². The first-order valence-electron chi connectivity index (χ1n) is 5.53. The Balaban J connectivity index is 2.93. The van der Waals surface area contributed by atoms with Crippen LogP contribution in [0.3, 0.4) is 0 Å². The summed E-state index contributed by atoms with van der Waals surface area (Å²) in [5, 5.41) is 11.5. The molecule has 98 valence electrons. The molecule has 1 aromatic carbocycles. The van der Waals surface area contributed by atoms with Crippen LogP contribution in [0.5, 0.6) is 0 Å².